The minimum absolute atomic E-state index is 0.131. The molecule has 0 radical (unpaired) electrons. The summed E-state index contributed by atoms with van der Waals surface area (Å²) in [5, 5.41) is 21.1. The van der Waals surface area contributed by atoms with E-state index in [9.17, 15) is 9.90 Å². The van der Waals surface area contributed by atoms with Gasteiger partial charge in [0, 0.05) is 6.07 Å². The monoisotopic (exact) mass is 576 g/mol. The van der Waals surface area contributed by atoms with Crippen molar-refractivity contribution in [1.29, 1.82) is 0 Å². The molecule has 0 atom stereocenters. The number of carbonyl (C=O) groups is 1. The van der Waals surface area contributed by atoms with E-state index in [0.29, 0.717) is 25.6 Å². The quantitative estimate of drug-likeness (QED) is 0.121. The summed E-state index contributed by atoms with van der Waals surface area (Å²) in [6, 6.07) is 35.3. The number of rotatable bonds is 15. The Morgan fingerprint density at radius 2 is 1.21 bits per heavy atom. The van der Waals surface area contributed by atoms with Crippen LogP contribution in [0.1, 0.15) is 52.7 Å². The van der Waals surface area contributed by atoms with Crippen LogP contribution in [0.2, 0.25) is 0 Å². The van der Waals surface area contributed by atoms with Gasteiger partial charge in [0.05, 0.1) is 6.61 Å². The van der Waals surface area contributed by atoms with Gasteiger partial charge in [-0.05, 0) is 71.0 Å². The van der Waals surface area contributed by atoms with Crippen LogP contribution in [0, 0.1) is 0 Å². The predicted octanol–water partition coefficient (Wildman–Crippen LogP) is 8.58. The van der Waals surface area contributed by atoms with E-state index in [-0.39, 0.29) is 11.3 Å². The van der Waals surface area contributed by atoms with Crippen LogP contribution in [0.5, 0.6) is 23.0 Å². The Bertz CT molecular complexity index is 1630. The zero-order valence-electron chi connectivity index (χ0n) is 24.1. The number of carboxylic acids is 1. The van der Waals surface area contributed by atoms with E-state index in [1.165, 1.54) is 17.7 Å². The molecule has 0 amide bonds. The molecular formula is C37H36O6. The number of benzene rings is 5. The Kier molecular flexibility index (Phi) is 10.1. The standard InChI is InChI=1S/C37H36O6/c38-34-24-32(18-19-33(34)37(39)40)41-20-10-2-1-5-11-27-16-17-30-22-35(42-25-28-12-6-3-7-13-28)36(23-31(30)21-27)43-26-29-14-8-4-9-15-29/h3-4,6-9,12-19,21-24,38H,1-2,5,10-11,20,25-26H2,(H,39,40). The average Bonchev–Trinajstić information content (AvgIpc) is 3.03. The number of carboxylic acid groups (broad SMARTS) is 1. The molecule has 5 aromatic rings. The number of fused-ring (bicyclic) bond motifs is 1. The van der Waals surface area contributed by atoms with Crippen molar-refractivity contribution in [2.45, 2.75) is 45.3 Å². The molecule has 0 saturated heterocycles. The topological polar surface area (TPSA) is 85.2 Å². The average molecular weight is 577 g/mol. The zero-order chi connectivity index (χ0) is 29.9. The Labute approximate surface area is 252 Å². The minimum atomic E-state index is -1.16. The summed E-state index contributed by atoms with van der Waals surface area (Å²) in [5.41, 5.74) is 3.36. The first-order valence-electron chi connectivity index (χ1n) is 14.6. The summed E-state index contributed by atoms with van der Waals surface area (Å²) in [6.45, 7) is 1.45. The van der Waals surface area contributed by atoms with Gasteiger partial charge in [0.15, 0.2) is 11.5 Å². The van der Waals surface area contributed by atoms with Gasteiger partial charge in [0.25, 0.3) is 0 Å². The number of unbranched alkanes of at least 4 members (excludes halogenated alkanes) is 3. The summed E-state index contributed by atoms with van der Waals surface area (Å²) >= 11 is 0. The number of phenols is 1. The van der Waals surface area contributed by atoms with Crippen molar-refractivity contribution < 1.29 is 29.2 Å². The molecule has 0 aromatic heterocycles. The van der Waals surface area contributed by atoms with Gasteiger partial charge in [0.1, 0.15) is 30.3 Å². The third kappa shape index (κ3) is 8.52. The second kappa shape index (κ2) is 14.8. The van der Waals surface area contributed by atoms with Crippen LogP contribution in [0.25, 0.3) is 10.8 Å². The molecule has 5 rings (SSSR count). The van der Waals surface area contributed by atoms with Crippen LogP contribution in [0.15, 0.2) is 109 Å². The van der Waals surface area contributed by atoms with Crippen molar-refractivity contribution in [2.75, 3.05) is 6.61 Å². The van der Waals surface area contributed by atoms with E-state index >= 15 is 0 Å². The fourth-order valence-corrected chi connectivity index (χ4v) is 4.91. The lowest BCUT2D eigenvalue weighted by atomic mass is 10.0. The molecule has 0 heterocycles. The van der Waals surface area contributed by atoms with Crippen molar-refractivity contribution in [2.24, 2.45) is 0 Å². The molecule has 5 aromatic carbocycles. The molecule has 0 spiro atoms. The summed E-state index contributed by atoms with van der Waals surface area (Å²) in [6.07, 6.45) is 5.02. The first-order valence-corrected chi connectivity index (χ1v) is 14.6. The molecular weight excluding hydrogens is 540 g/mol. The maximum Gasteiger partial charge on any atom is 0.339 e. The van der Waals surface area contributed by atoms with Gasteiger partial charge in [-0.15, -0.1) is 0 Å². The smallest absolute Gasteiger partial charge is 0.339 e. The fourth-order valence-electron chi connectivity index (χ4n) is 4.91. The van der Waals surface area contributed by atoms with Gasteiger partial charge in [0.2, 0.25) is 0 Å². The van der Waals surface area contributed by atoms with Crippen LogP contribution in [0.3, 0.4) is 0 Å². The predicted molar refractivity (Wildman–Crippen MR) is 168 cm³/mol. The molecule has 0 aliphatic rings. The van der Waals surface area contributed by atoms with E-state index in [0.717, 1.165) is 65.5 Å². The molecule has 6 heteroatoms. The van der Waals surface area contributed by atoms with Crippen molar-refractivity contribution in [3.63, 3.8) is 0 Å². The van der Waals surface area contributed by atoms with Gasteiger partial charge in [-0.25, -0.2) is 4.79 Å². The summed E-state index contributed by atoms with van der Waals surface area (Å²) < 4.78 is 18.2. The third-order valence-electron chi connectivity index (χ3n) is 7.27. The van der Waals surface area contributed by atoms with Crippen LogP contribution < -0.4 is 14.2 Å². The highest BCUT2D eigenvalue weighted by Gasteiger charge is 2.11. The number of hydrogen-bond acceptors (Lipinski definition) is 5. The molecule has 0 unspecified atom stereocenters. The van der Waals surface area contributed by atoms with Crippen LogP contribution in [0.4, 0.5) is 0 Å². The molecule has 0 aliphatic carbocycles. The van der Waals surface area contributed by atoms with Crippen molar-refractivity contribution in [3.8, 4) is 23.0 Å². The number of aryl methyl sites for hydroxylation is 1. The SMILES string of the molecule is O=C(O)c1ccc(OCCCCCCc2ccc3cc(OCc4ccccc4)c(OCc4ccccc4)cc3c2)cc1O. The number of ether oxygens (including phenoxy) is 3. The molecule has 0 fully saturated rings. The summed E-state index contributed by atoms with van der Waals surface area (Å²) in [4.78, 5) is 11.0. The molecule has 43 heavy (non-hydrogen) atoms. The maximum absolute atomic E-state index is 11.0. The van der Waals surface area contributed by atoms with E-state index in [4.69, 9.17) is 19.3 Å². The lowest BCUT2D eigenvalue weighted by molar-refractivity contribution is 0.0693. The van der Waals surface area contributed by atoms with Crippen LogP contribution in [-0.2, 0) is 19.6 Å². The minimum Gasteiger partial charge on any atom is -0.507 e. The summed E-state index contributed by atoms with van der Waals surface area (Å²) in [7, 11) is 0. The van der Waals surface area contributed by atoms with Crippen LogP contribution in [-0.4, -0.2) is 22.8 Å². The third-order valence-corrected chi connectivity index (χ3v) is 7.27. The summed E-state index contributed by atoms with van der Waals surface area (Å²) in [5.74, 6) is 0.487. The largest absolute Gasteiger partial charge is 0.507 e. The van der Waals surface area contributed by atoms with Crippen molar-refractivity contribution in [1.82, 2.24) is 0 Å². The van der Waals surface area contributed by atoms with Gasteiger partial charge in [-0.1, -0.05) is 91.7 Å². The van der Waals surface area contributed by atoms with E-state index in [1.54, 1.807) is 6.07 Å². The number of aromatic carboxylic acids is 1. The molecule has 0 saturated carbocycles. The van der Waals surface area contributed by atoms with Gasteiger partial charge < -0.3 is 24.4 Å². The Hall–Kier alpha value is -4.97. The first kappa shape index (κ1) is 29.5. The molecule has 220 valence electrons. The van der Waals surface area contributed by atoms with Gasteiger partial charge >= 0.3 is 5.97 Å². The Balaban J connectivity index is 1.15. The highest BCUT2D eigenvalue weighted by Crippen LogP contribution is 2.34. The second-order valence-electron chi connectivity index (χ2n) is 10.5. The lowest BCUT2D eigenvalue weighted by Crippen LogP contribution is -2.01. The normalized spacial score (nSPS) is 10.9. The van der Waals surface area contributed by atoms with Crippen LogP contribution >= 0.6 is 0 Å². The maximum atomic E-state index is 11.0. The number of hydrogen-bond donors (Lipinski definition) is 2. The Morgan fingerprint density at radius 1 is 0.581 bits per heavy atom. The molecule has 0 bridgehead atoms. The highest BCUT2D eigenvalue weighted by atomic mass is 16.5. The molecule has 0 aliphatic heterocycles. The zero-order valence-corrected chi connectivity index (χ0v) is 24.1. The van der Waals surface area contributed by atoms with E-state index < -0.39 is 5.97 Å². The molecule has 2 N–H and O–H groups in total. The van der Waals surface area contributed by atoms with Crippen molar-refractivity contribution in [3.05, 3.63) is 131 Å². The Morgan fingerprint density at radius 3 is 1.84 bits per heavy atom. The lowest BCUT2D eigenvalue weighted by Gasteiger charge is -2.15. The van der Waals surface area contributed by atoms with E-state index in [1.807, 2.05) is 36.4 Å². The van der Waals surface area contributed by atoms with Crippen molar-refractivity contribution >= 4 is 16.7 Å². The van der Waals surface area contributed by atoms with Gasteiger partial charge in [-0.3, -0.25) is 0 Å². The second-order valence-corrected chi connectivity index (χ2v) is 10.5. The molecule has 6 nitrogen and oxygen atoms in total. The van der Waals surface area contributed by atoms with Gasteiger partial charge in [-0.2, -0.15) is 0 Å². The number of aromatic hydroxyl groups is 1. The first-order chi connectivity index (χ1) is 21.0. The fraction of sp³-hybridized carbons (Fsp3) is 0.216. The highest BCUT2D eigenvalue weighted by molar-refractivity contribution is 5.91. The van der Waals surface area contributed by atoms with E-state index in [2.05, 4.69) is 54.6 Å².